The Labute approximate surface area is 72.0 Å². The van der Waals surface area contributed by atoms with E-state index >= 15 is 0 Å². The fourth-order valence-corrected chi connectivity index (χ4v) is 1.39. The molecule has 0 aromatic carbocycles. The molecule has 0 spiro atoms. The number of hydrogen-bond donors (Lipinski definition) is 1. The van der Waals surface area contributed by atoms with Crippen LogP contribution in [-0.4, -0.2) is 21.0 Å². The quantitative estimate of drug-likeness (QED) is 0.726. The predicted molar refractivity (Wildman–Crippen MR) is 45.7 cm³/mol. The molecule has 12 heavy (non-hydrogen) atoms. The summed E-state index contributed by atoms with van der Waals surface area (Å²) in [6, 6.07) is 1.96. The first-order valence-corrected chi connectivity index (χ1v) is 4.44. The van der Waals surface area contributed by atoms with Gasteiger partial charge in [0.1, 0.15) is 0 Å². The van der Waals surface area contributed by atoms with Crippen molar-refractivity contribution in [1.29, 1.82) is 0 Å². The lowest BCUT2D eigenvalue weighted by Gasteiger charge is -2.08. The molecule has 0 aliphatic heterocycles. The summed E-state index contributed by atoms with van der Waals surface area (Å²) in [6.07, 6.45) is 4.09. The van der Waals surface area contributed by atoms with Crippen LogP contribution >= 0.6 is 0 Å². The van der Waals surface area contributed by atoms with E-state index in [4.69, 9.17) is 0 Å². The molecule has 1 heterocycles. The van der Waals surface area contributed by atoms with Gasteiger partial charge in [-0.2, -0.15) is 5.10 Å². The van der Waals surface area contributed by atoms with Crippen molar-refractivity contribution in [3.8, 4) is 0 Å². The topological polar surface area (TPSA) is 38.0 Å². The van der Waals surface area contributed by atoms with Crippen molar-refractivity contribution in [1.82, 2.24) is 9.78 Å². The number of rotatable bonds is 3. The molecule has 0 saturated heterocycles. The van der Waals surface area contributed by atoms with E-state index in [1.807, 2.05) is 23.9 Å². The molecule has 0 bridgehead atoms. The Hall–Kier alpha value is -0.830. The largest absolute Gasteiger partial charge is 0.391 e. The van der Waals surface area contributed by atoms with Crippen molar-refractivity contribution in [3.63, 3.8) is 0 Å². The molecule has 0 radical (unpaired) electrons. The van der Waals surface area contributed by atoms with E-state index in [0.717, 1.165) is 5.69 Å². The standard InChI is InChI=1S/C9H14N2O/c1-7-4-5-11(10-7)6-9(12)8-2-3-8/h4-5,8-9,12H,2-3,6H2,1H3. The average molecular weight is 166 g/mol. The molecule has 1 saturated carbocycles. The van der Waals surface area contributed by atoms with Gasteiger partial charge in [0, 0.05) is 6.20 Å². The van der Waals surface area contributed by atoms with E-state index in [2.05, 4.69) is 5.10 Å². The molecule has 1 aromatic heterocycles. The normalized spacial score (nSPS) is 19.5. The van der Waals surface area contributed by atoms with Crippen LogP contribution in [0, 0.1) is 12.8 Å². The molecule has 3 heteroatoms. The van der Waals surface area contributed by atoms with Gasteiger partial charge in [-0.25, -0.2) is 0 Å². The zero-order valence-corrected chi connectivity index (χ0v) is 7.27. The summed E-state index contributed by atoms with van der Waals surface area (Å²) in [7, 11) is 0. The fourth-order valence-electron chi connectivity index (χ4n) is 1.39. The Bertz CT molecular complexity index is 265. The minimum absolute atomic E-state index is 0.190. The molecular formula is C9H14N2O. The van der Waals surface area contributed by atoms with Crippen LogP contribution in [0.2, 0.25) is 0 Å². The van der Waals surface area contributed by atoms with E-state index < -0.39 is 0 Å². The fraction of sp³-hybridized carbons (Fsp3) is 0.667. The van der Waals surface area contributed by atoms with E-state index in [1.54, 1.807) is 0 Å². The first-order valence-electron chi connectivity index (χ1n) is 4.44. The number of aliphatic hydroxyl groups is 1. The molecule has 2 rings (SSSR count). The third kappa shape index (κ3) is 1.67. The summed E-state index contributed by atoms with van der Waals surface area (Å²) in [5, 5.41) is 13.8. The van der Waals surface area contributed by atoms with Crippen LogP contribution in [0.15, 0.2) is 12.3 Å². The maximum atomic E-state index is 9.59. The first-order chi connectivity index (χ1) is 5.75. The van der Waals surface area contributed by atoms with E-state index in [1.165, 1.54) is 12.8 Å². The number of aromatic nitrogens is 2. The van der Waals surface area contributed by atoms with E-state index in [-0.39, 0.29) is 6.10 Å². The van der Waals surface area contributed by atoms with Crippen molar-refractivity contribution < 1.29 is 5.11 Å². The van der Waals surface area contributed by atoms with Crippen LogP contribution in [0.25, 0.3) is 0 Å². The van der Waals surface area contributed by atoms with E-state index in [0.29, 0.717) is 12.5 Å². The summed E-state index contributed by atoms with van der Waals surface area (Å²) < 4.78 is 1.82. The van der Waals surface area contributed by atoms with Crippen LogP contribution in [0.1, 0.15) is 18.5 Å². The van der Waals surface area contributed by atoms with Gasteiger partial charge in [-0.3, -0.25) is 4.68 Å². The minimum Gasteiger partial charge on any atom is -0.391 e. The van der Waals surface area contributed by atoms with Gasteiger partial charge in [-0.15, -0.1) is 0 Å². The Balaban J connectivity index is 1.93. The average Bonchev–Trinajstić information content (AvgIpc) is 2.78. The molecule has 1 atom stereocenters. The maximum Gasteiger partial charge on any atom is 0.0764 e. The molecule has 3 nitrogen and oxygen atoms in total. The highest BCUT2D eigenvalue weighted by molar-refractivity contribution is 4.95. The Kier molecular flexibility index (Phi) is 1.89. The lowest BCUT2D eigenvalue weighted by molar-refractivity contribution is 0.127. The van der Waals surface area contributed by atoms with E-state index in [9.17, 15) is 5.11 Å². The lowest BCUT2D eigenvalue weighted by atomic mass is 10.2. The molecule has 0 amide bonds. The molecule has 1 N–H and O–H groups in total. The third-order valence-corrected chi connectivity index (χ3v) is 2.31. The molecular weight excluding hydrogens is 152 g/mol. The second-order valence-corrected chi connectivity index (χ2v) is 3.58. The SMILES string of the molecule is Cc1ccn(CC(O)C2CC2)n1. The smallest absolute Gasteiger partial charge is 0.0764 e. The Morgan fingerprint density at radius 1 is 1.75 bits per heavy atom. The van der Waals surface area contributed by atoms with Crippen LogP contribution < -0.4 is 0 Å². The molecule has 1 aliphatic carbocycles. The summed E-state index contributed by atoms with van der Waals surface area (Å²) in [6.45, 7) is 2.61. The summed E-state index contributed by atoms with van der Waals surface area (Å²) in [4.78, 5) is 0. The number of aryl methyl sites for hydroxylation is 1. The van der Waals surface area contributed by atoms with Crippen molar-refractivity contribution in [2.45, 2.75) is 32.4 Å². The molecule has 1 aliphatic rings. The number of aliphatic hydroxyl groups excluding tert-OH is 1. The highest BCUT2D eigenvalue weighted by Gasteiger charge is 2.29. The maximum absolute atomic E-state index is 9.59. The Morgan fingerprint density at radius 2 is 2.50 bits per heavy atom. The van der Waals surface area contributed by atoms with Gasteiger partial charge >= 0.3 is 0 Å². The van der Waals surface area contributed by atoms with Gasteiger partial charge in [0.05, 0.1) is 18.3 Å². The highest BCUT2D eigenvalue weighted by Crippen LogP contribution is 2.32. The summed E-state index contributed by atoms with van der Waals surface area (Å²) in [5.41, 5.74) is 1.01. The molecule has 1 aromatic rings. The predicted octanol–water partition coefficient (Wildman–Crippen LogP) is 0.962. The summed E-state index contributed by atoms with van der Waals surface area (Å²) in [5.74, 6) is 0.537. The molecule has 1 unspecified atom stereocenters. The van der Waals surface area contributed by atoms with Crippen molar-refractivity contribution in [3.05, 3.63) is 18.0 Å². The van der Waals surface area contributed by atoms with Crippen LogP contribution in [-0.2, 0) is 6.54 Å². The van der Waals surface area contributed by atoms with Crippen LogP contribution in [0.3, 0.4) is 0 Å². The Morgan fingerprint density at radius 3 is 3.00 bits per heavy atom. The zero-order chi connectivity index (χ0) is 8.55. The van der Waals surface area contributed by atoms with Crippen molar-refractivity contribution in [2.75, 3.05) is 0 Å². The number of nitrogens with zero attached hydrogens (tertiary/aromatic N) is 2. The number of hydrogen-bond acceptors (Lipinski definition) is 2. The summed E-state index contributed by atoms with van der Waals surface area (Å²) >= 11 is 0. The molecule has 1 fully saturated rings. The van der Waals surface area contributed by atoms with Gasteiger partial charge in [0.25, 0.3) is 0 Å². The van der Waals surface area contributed by atoms with Crippen LogP contribution in [0.5, 0.6) is 0 Å². The molecule has 66 valence electrons. The van der Waals surface area contributed by atoms with Gasteiger partial charge in [-0.05, 0) is 31.7 Å². The second kappa shape index (κ2) is 2.90. The highest BCUT2D eigenvalue weighted by atomic mass is 16.3. The van der Waals surface area contributed by atoms with Gasteiger partial charge < -0.3 is 5.11 Å². The van der Waals surface area contributed by atoms with Crippen LogP contribution in [0.4, 0.5) is 0 Å². The minimum atomic E-state index is -0.190. The zero-order valence-electron chi connectivity index (χ0n) is 7.27. The van der Waals surface area contributed by atoms with Gasteiger partial charge in [0.15, 0.2) is 0 Å². The monoisotopic (exact) mass is 166 g/mol. The van der Waals surface area contributed by atoms with Crippen molar-refractivity contribution in [2.24, 2.45) is 5.92 Å². The van der Waals surface area contributed by atoms with Gasteiger partial charge in [0.2, 0.25) is 0 Å². The third-order valence-electron chi connectivity index (χ3n) is 2.31. The van der Waals surface area contributed by atoms with Crippen molar-refractivity contribution >= 4 is 0 Å². The lowest BCUT2D eigenvalue weighted by Crippen LogP contribution is -2.18. The second-order valence-electron chi connectivity index (χ2n) is 3.58. The first kappa shape index (κ1) is 7.80. The van der Waals surface area contributed by atoms with Gasteiger partial charge in [-0.1, -0.05) is 0 Å².